The molecule has 0 atom stereocenters. The van der Waals surface area contributed by atoms with Crippen LogP contribution >= 0.6 is 0 Å². The SMILES string of the molecule is O=C(c1ccc2oc3ccccc3c2c1)c1c(F)c(F)c(F)c(F)c1F. The molecule has 0 aliphatic carbocycles. The Morgan fingerprint density at radius 1 is 0.692 bits per heavy atom. The molecule has 26 heavy (non-hydrogen) atoms. The van der Waals surface area contributed by atoms with Gasteiger partial charge in [0.1, 0.15) is 16.7 Å². The van der Waals surface area contributed by atoms with Crippen LogP contribution in [-0.2, 0) is 0 Å². The molecule has 0 bridgehead atoms. The number of furan rings is 1. The summed E-state index contributed by atoms with van der Waals surface area (Å²) in [4.78, 5) is 12.4. The molecule has 1 aromatic heterocycles. The number of para-hydroxylation sites is 1. The molecule has 2 nitrogen and oxygen atoms in total. The smallest absolute Gasteiger partial charge is 0.200 e. The summed E-state index contributed by atoms with van der Waals surface area (Å²) in [6.07, 6.45) is 0. The van der Waals surface area contributed by atoms with Gasteiger partial charge in [0.25, 0.3) is 0 Å². The molecule has 0 saturated heterocycles. The Labute approximate surface area is 142 Å². The van der Waals surface area contributed by atoms with Crippen LogP contribution in [-0.4, -0.2) is 5.78 Å². The standard InChI is InChI=1S/C19H7F5O2/c20-14-13(15(21)17(23)18(24)16(14)22)19(25)8-5-6-12-10(7-8)9-3-1-2-4-11(9)26-12/h1-7H. The molecule has 0 spiro atoms. The first-order chi connectivity index (χ1) is 12.4. The Morgan fingerprint density at radius 2 is 1.27 bits per heavy atom. The number of hydrogen-bond donors (Lipinski definition) is 0. The monoisotopic (exact) mass is 362 g/mol. The van der Waals surface area contributed by atoms with Gasteiger partial charge in [0.05, 0.1) is 0 Å². The summed E-state index contributed by atoms with van der Waals surface area (Å²) < 4.78 is 73.2. The predicted molar refractivity (Wildman–Crippen MR) is 83.4 cm³/mol. The van der Waals surface area contributed by atoms with E-state index in [0.29, 0.717) is 21.9 Å². The van der Waals surface area contributed by atoms with Crippen LogP contribution in [0.15, 0.2) is 46.9 Å². The Balaban J connectivity index is 1.94. The molecular weight excluding hydrogens is 355 g/mol. The molecule has 0 aliphatic heterocycles. The zero-order chi connectivity index (χ0) is 18.6. The van der Waals surface area contributed by atoms with Crippen molar-refractivity contribution in [2.45, 2.75) is 0 Å². The minimum Gasteiger partial charge on any atom is -0.456 e. The Hall–Kier alpha value is -3.22. The minimum absolute atomic E-state index is 0.229. The molecule has 0 unspecified atom stereocenters. The average Bonchev–Trinajstić information content (AvgIpc) is 3.02. The van der Waals surface area contributed by atoms with Crippen molar-refractivity contribution < 1.29 is 31.2 Å². The first-order valence-corrected chi connectivity index (χ1v) is 7.37. The van der Waals surface area contributed by atoms with Crippen LogP contribution in [0.3, 0.4) is 0 Å². The topological polar surface area (TPSA) is 30.2 Å². The lowest BCUT2D eigenvalue weighted by atomic mass is 9.99. The normalized spacial score (nSPS) is 11.4. The molecular formula is C19H7F5O2. The van der Waals surface area contributed by atoms with Gasteiger partial charge in [0.15, 0.2) is 29.1 Å². The van der Waals surface area contributed by atoms with Gasteiger partial charge in [0, 0.05) is 16.3 Å². The number of ketones is 1. The van der Waals surface area contributed by atoms with Crippen LogP contribution in [0.4, 0.5) is 22.0 Å². The van der Waals surface area contributed by atoms with Crippen molar-refractivity contribution in [2.24, 2.45) is 0 Å². The van der Waals surface area contributed by atoms with Crippen LogP contribution in [0.25, 0.3) is 21.9 Å². The Kier molecular flexibility index (Phi) is 3.54. The lowest BCUT2D eigenvalue weighted by Gasteiger charge is -2.07. The fraction of sp³-hybridized carbons (Fsp3) is 0. The van der Waals surface area contributed by atoms with Crippen LogP contribution in [0, 0.1) is 29.1 Å². The highest BCUT2D eigenvalue weighted by Crippen LogP contribution is 2.31. The van der Waals surface area contributed by atoms with Crippen molar-refractivity contribution in [2.75, 3.05) is 0 Å². The molecule has 4 rings (SSSR count). The van der Waals surface area contributed by atoms with Gasteiger partial charge >= 0.3 is 0 Å². The minimum atomic E-state index is -2.31. The highest BCUT2D eigenvalue weighted by Gasteiger charge is 2.30. The summed E-state index contributed by atoms with van der Waals surface area (Å²) in [5, 5.41) is 1.13. The van der Waals surface area contributed by atoms with Crippen LogP contribution in [0.5, 0.6) is 0 Å². The van der Waals surface area contributed by atoms with E-state index in [1.54, 1.807) is 24.3 Å². The lowest BCUT2D eigenvalue weighted by Crippen LogP contribution is -2.13. The number of halogens is 5. The summed E-state index contributed by atoms with van der Waals surface area (Å²) >= 11 is 0. The third-order valence-corrected chi connectivity index (χ3v) is 4.08. The molecule has 1 heterocycles. The van der Waals surface area contributed by atoms with Crippen molar-refractivity contribution >= 4 is 27.7 Å². The van der Waals surface area contributed by atoms with E-state index in [1.165, 1.54) is 18.2 Å². The van der Waals surface area contributed by atoms with E-state index in [-0.39, 0.29) is 5.56 Å². The summed E-state index contributed by atoms with van der Waals surface area (Å²) in [7, 11) is 0. The molecule has 130 valence electrons. The number of carbonyl (C=O) groups is 1. The first kappa shape index (κ1) is 16.3. The first-order valence-electron chi connectivity index (χ1n) is 7.37. The van der Waals surface area contributed by atoms with E-state index in [2.05, 4.69) is 0 Å². The van der Waals surface area contributed by atoms with Gasteiger partial charge in [0.2, 0.25) is 5.82 Å². The average molecular weight is 362 g/mol. The van der Waals surface area contributed by atoms with E-state index in [0.717, 1.165) is 0 Å². The molecule has 0 amide bonds. The van der Waals surface area contributed by atoms with Gasteiger partial charge in [-0.25, -0.2) is 22.0 Å². The second-order valence-electron chi connectivity index (χ2n) is 5.58. The predicted octanol–water partition coefficient (Wildman–Crippen LogP) is 5.51. The van der Waals surface area contributed by atoms with Gasteiger partial charge in [-0.3, -0.25) is 4.79 Å². The molecule has 0 N–H and O–H groups in total. The third-order valence-electron chi connectivity index (χ3n) is 4.08. The van der Waals surface area contributed by atoms with E-state index < -0.39 is 40.4 Å². The summed E-state index contributed by atoms with van der Waals surface area (Å²) in [5.41, 5.74) is -0.774. The quantitative estimate of drug-likeness (QED) is 0.204. The highest BCUT2D eigenvalue weighted by molar-refractivity contribution is 6.13. The fourth-order valence-electron chi connectivity index (χ4n) is 2.82. The van der Waals surface area contributed by atoms with Gasteiger partial charge in [-0.15, -0.1) is 0 Å². The summed E-state index contributed by atoms with van der Waals surface area (Å²) in [6, 6.07) is 10.8. The second kappa shape index (κ2) is 5.66. The summed E-state index contributed by atoms with van der Waals surface area (Å²) in [6.45, 7) is 0. The molecule has 0 fully saturated rings. The van der Waals surface area contributed by atoms with E-state index in [9.17, 15) is 26.7 Å². The number of fused-ring (bicyclic) bond motifs is 3. The van der Waals surface area contributed by atoms with Crippen molar-refractivity contribution in [3.8, 4) is 0 Å². The zero-order valence-corrected chi connectivity index (χ0v) is 12.7. The lowest BCUT2D eigenvalue weighted by molar-refractivity contribution is 0.102. The molecule has 0 radical (unpaired) electrons. The fourth-order valence-corrected chi connectivity index (χ4v) is 2.82. The van der Waals surface area contributed by atoms with Gasteiger partial charge in [-0.05, 0) is 24.3 Å². The van der Waals surface area contributed by atoms with E-state index in [1.807, 2.05) is 0 Å². The van der Waals surface area contributed by atoms with Gasteiger partial charge in [-0.2, -0.15) is 0 Å². The van der Waals surface area contributed by atoms with Crippen LogP contribution < -0.4 is 0 Å². The number of hydrogen-bond acceptors (Lipinski definition) is 2. The van der Waals surface area contributed by atoms with E-state index in [4.69, 9.17) is 4.42 Å². The summed E-state index contributed by atoms with van der Waals surface area (Å²) in [5.74, 6) is -12.3. The van der Waals surface area contributed by atoms with Gasteiger partial charge in [-0.1, -0.05) is 18.2 Å². The molecule has 3 aromatic carbocycles. The Morgan fingerprint density at radius 3 is 1.96 bits per heavy atom. The van der Waals surface area contributed by atoms with Crippen molar-refractivity contribution in [1.29, 1.82) is 0 Å². The zero-order valence-electron chi connectivity index (χ0n) is 12.7. The molecule has 0 saturated carbocycles. The molecule has 7 heteroatoms. The molecule has 4 aromatic rings. The number of benzene rings is 3. The second-order valence-corrected chi connectivity index (χ2v) is 5.58. The largest absolute Gasteiger partial charge is 0.456 e. The Bertz CT molecular complexity index is 1180. The van der Waals surface area contributed by atoms with Crippen molar-refractivity contribution in [3.63, 3.8) is 0 Å². The van der Waals surface area contributed by atoms with Crippen LogP contribution in [0.2, 0.25) is 0 Å². The van der Waals surface area contributed by atoms with Crippen LogP contribution in [0.1, 0.15) is 15.9 Å². The highest BCUT2D eigenvalue weighted by atomic mass is 19.2. The maximum atomic E-state index is 13.9. The molecule has 0 aliphatic rings. The van der Waals surface area contributed by atoms with Crippen molar-refractivity contribution in [1.82, 2.24) is 0 Å². The maximum absolute atomic E-state index is 13.9. The maximum Gasteiger partial charge on any atom is 0.200 e. The van der Waals surface area contributed by atoms with E-state index >= 15 is 0 Å². The van der Waals surface area contributed by atoms with Crippen molar-refractivity contribution in [3.05, 3.63) is 82.7 Å². The number of carbonyl (C=O) groups excluding carboxylic acids is 1. The number of rotatable bonds is 2. The van der Waals surface area contributed by atoms with Gasteiger partial charge < -0.3 is 4.42 Å². The third kappa shape index (κ3) is 2.20.